The highest BCUT2D eigenvalue weighted by Crippen LogP contribution is 2.36. The van der Waals surface area contributed by atoms with Gasteiger partial charge in [-0.25, -0.2) is 0 Å². The zero-order valence-electron chi connectivity index (χ0n) is 16.2. The molecule has 1 aromatic heterocycles. The van der Waals surface area contributed by atoms with Crippen LogP contribution in [0.4, 0.5) is 0 Å². The van der Waals surface area contributed by atoms with Crippen molar-refractivity contribution in [2.45, 2.75) is 25.9 Å². The Labute approximate surface area is 165 Å². The molecule has 3 aromatic carbocycles. The van der Waals surface area contributed by atoms with E-state index in [1.54, 1.807) is 0 Å². The van der Waals surface area contributed by atoms with Gasteiger partial charge in [-0.1, -0.05) is 61.5 Å². The van der Waals surface area contributed by atoms with E-state index in [4.69, 9.17) is 4.74 Å². The summed E-state index contributed by atoms with van der Waals surface area (Å²) in [6.07, 6.45) is 8.55. The minimum atomic E-state index is 0.0489. The van der Waals surface area contributed by atoms with Crippen molar-refractivity contribution in [3.63, 3.8) is 0 Å². The third kappa shape index (κ3) is 2.73. The minimum Gasteiger partial charge on any atom is -0.486 e. The van der Waals surface area contributed by atoms with Crippen LogP contribution in [0, 0.1) is 0 Å². The molecule has 28 heavy (non-hydrogen) atoms. The number of rotatable bonds is 1. The maximum Gasteiger partial charge on any atom is 0.124 e. The van der Waals surface area contributed by atoms with Crippen LogP contribution in [-0.2, 0) is 0 Å². The highest BCUT2D eigenvalue weighted by atomic mass is 16.5. The summed E-state index contributed by atoms with van der Waals surface area (Å²) >= 11 is 0. The van der Waals surface area contributed by atoms with Crippen LogP contribution >= 0.6 is 0 Å². The molecule has 1 aliphatic rings. The Hall–Kier alpha value is -3.26. The summed E-state index contributed by atoms with van der Waals surface area (Å²) in [6.45, 7) is 4.29. The first-order chi connectivity index (χ1) is 13.7. The molecule has 0 N–H and O–H groups in total. The fourth-order valence-corrected chi connectivity index (χ4v) is 4.13. The van der Waals surface area contributed by atoms with Crippen LogP contribution in [0.2, 0.25) is 0 Å². The van der Waals surface area contributed by atoms with Crippen molar-refractivity contribution in [3.05, 3.63) is 96.6 Å². The molecule has 0 saturated heterocycles. The van der Waals surface area contributed by atoms with E-state index in [1.165, 1.54) is 33.1 Å². The molecule has 4 aromatic rings. The molecule has 0 saturated carbocycles. The zero-order chi connectivity index (χ0) is 19.1. The van der Waals surface area contributed by atoms with Crippen molar-refractivity contribution in [3.8, 4) is 11.4 Å². The van der Waals surface area contributed by atoms with Crippen LogP contribution in [0.3, 0.4) is 0 Å². The summed E-state index contributed by atoms with van der Waals surface area (Å²) in [5, 5.41) is 2.56. The molecule has 5 rings (SSSR count). The second-order valence-electron chi connectivity index (χ2n) is 7.47. The normalized spacial score (nSPS) is 21.4. The Morgan fingerprint density at radius 3 is 2.11 bits per heavy atom. The zero-order valence-corrected chi connectivity index (χ0v) is 16.2. The van der Waals surface area contributed by atoms with Crippen molar-refractivity contribution in [2.24, 2.45) is 0 Å². The van der Waals surface area contributed by atoms with Crippen molar-refractivity contribution in [1.82, 2.24) is 4.57 Å². The molecule has 0 aliphatic carbocycles. The molecule has 0 amide bonds. The highest BCUT2D eigenvalue weighted by Gasteiger charge is 2.16. The maximum absolute atomic E-state index is 6.20. The number of aromatic nitrogens is 1. The van der Waals surface area contributed by atoms with E-state index in [0.29, 0.717) is 0 Å². The SMILES string of the molecule is CC1/C=C\C=C/C(C)c2cc(-n3c4ccccc4c4ccccc43)ccc2O1. The summed E-state index contributed by atoms with van der Waals surface area (Å²) in [4.78, 5) is 0. The summed E-state index contributed by atoms with van der Waals surface area (Å²) in [5.41, 5.74) is 4.84. The second-order valence-corrected chi connectivity index (χ2v) is 7.47. The van der Waals surface area contributed by atoms with Crippen molar-refractivity contribution >= 4 is 21.8 Å². The van der Waals surface area contributed by atoms with E-state index < -0.39 is 0 Å². The molecule has 138 valence electrons. The third-order valence-electron chi connectivity index (χ3n) is 5.53. The van der Waals surface area contributed by atoms with Gasteiger partial charge in [-0.2, -0.15) is 0 Å². The lowest BCUT2D eigenvalue weighted by molar-refractivity contribution is 0.267. The van der Waals surface area contributed by atoms with Gasteiger partial charge < -0.3 is 9.30 Å². The highest BCUT2D eigenvalue weighted by molar-refractivity contribution is 6.09. The molecule has 2 atom stereocenters. The summed E-state index contributed by atoms with van der Waals surface area (Å²) in [7, 11) is 0. The lowest BCUT2D eigenvalue weighted by Crippen LogP contribution is -2.10. The van der Waals surface area contributed by atoms with Gasteiger partial charge in [0.2, 0.25) is 0 Å². The van der Waals surface area contributed by atoms with E-state index in [1.807, 2.05) is 0 Å². The molecular formula is C26H23NO. The largest absolute Gasteiger partial charge is 0.486 e. The number of fused-ring (bicyclic) bond motifs is 4. The average Bonchev–Trinajstić information content (AvgIpc) is 3.08. The Balaban J connectivity index is 1.76. The molecule has 2 unspecified atom stereocenters. The molecule has 2 heterocycles. The smallest absolute Gasteiger partial charge is 0.124 e. The second kappa shape index (κ2) is 6.72. The molecule has 0 bridgehead atoms. The van der Waals surface area contributed by atoms with Gasteiger partial charge in [0, 0.05) is 27.9 Å². The van der Waals surface area contributed by atoms with Crippen molar-refractivity contribution in [1.29, 1.82) is 0 Å². The Morgan fingerprint density at radius 1 is 0.750 bits per heavy atom. The van der Waals surface area contributed by atoms with Crippen LogP contribution in [0.5, 0.6) is 5.75 Å². The predicted octanol–water partition coefficient (Wildman–Crippen LogP) is 6.78. The van der Waals surface area contributed by atoms with E-state index in [0.717, 1.165) is 5.75 Å². The van der Waals surface area contributed by atoms with Crippen molar-refractivity contribution < 1.29 is 4.74 Å². The van der Waals surface area contributed by atoms with Gasteiger partial charge in [-0.05, 0) is 43.3 Å². The van der Waals surface area contributed by atoms with Gasteiger partial charge in [0.1, 0.15) is 11.9 Å². The van der Waals surface area contributed by atoms with E-state index in [9.17, 15) is 0 Å². The van der Waals surface area contributed by atoms with E-state index in [2.05, 4.69) is 109 Å². The topological polar surface area (TPSA) is 14.2 Å². The lowest BCUT2D eigenvalue weighted by Gasteiger charge is -2.19. The number of hydrogen-bond acceptors (Lipinski definition) is 1. The summed E-state index contributed by atoms with van der Waals surface area (Å²) < 4.78 is 8.56. The summed E-state index contributed by atoms with van der Waals surface area (Å²) in [6, 6.07) is 23.8. The van der Waals surface area contributed by atoms with Gasteiger partial charge in [0.25, 0.3) is 0 Å². The third-order valence-corrected chi connectivity index (χ3v) is 5.53. The van der Waals surface area contributed by atoms with Crippen LogP contribution in [-0.4, -0.2) is 10.7 Å². The van der Waals surface area contributed by atoms with Gasteiger partial charge in [-0.15, -0.1) is 0 Å². The molecule has 1 aliphatic heterocycles. The van der Waals surface area contributed by atoms with Gasteiger partial charge in [0.15, 0.2) is 0 Å². The van der Waals surface area contributed by atoms with Crippen LogP contribution in [0.25, 0.3) is 27.5 Å². The number of hydrogen-bond donors (Lipinski definition) is 0. The number of ether oxygens (including phenoxy) is 1. The monoisotopic (exact) mass is 365 g/mol. The van der Waals surface area contributed by atoms with Gasteiger partial charge >= 0.3 is 0 Å². The van der Waals surface area contributed by atoms with Crippen LogP contribution < -0.4 is 4.74 Å². The van der Waals surface area contributed by atoms with Gasteiger partial charge in [-0.3, -0.25) is 0 Å². The first-order valence-electron chi connectivity index (χ1n) is 9.86. The maximum atomic E-state index is 6.20. The molecule has 0 spiro atoms. The van der Waals surface area contributed by atoms with Gasteiger partial charge in [0.05, 0.1) is 11.0 Å². The standard InChI is InChI=1S/C26H23NO/c1-18-9-3-4-10-19(2)28-26-16-15-20(17-23(18)26)27-24-13-7-5-11-21(24)22-12-6-8-14-25(22)27/h3-19H,1-2H3/b9-3-,10-4-. The lowest BCUT2D eigenvalue weighted by atomic mass is 9.98. The van der Waals surface area contributed by atoms with Crippen LogP contribution in [0.15, 0.2) is 91.0 Å². The fraction of sp³-hybridized carbons (Fsp3) is 0.154. The number of benzene rings is 3. The molecule has 2 nitrogen and oxygen atoms in total. The summed E-state index contributed by atoms with van der Waals surface area (Å²) in [5.74, 6) is 1.23. The van der Waals surface area contributed by atoms with E-state index in [-0.39, 0.29) is 12.0 Å². The number of nitrogens with zero attached hydrogens (tertiary/aromatic N) is 1. The Morgan fingerprint density at radius 2 is 1.39 bits per heavy atom. The minimum absolute atomic E-state index is 0.0489. The van der Waals surface area contributed by atoms with Crippen molar-refractivity contribution in [2.75, 3.05) is 0 Å². The predicted molar refractivity (Wildman–Crippen MR) is 118 cm³/mol. The Kier molecular flexibility index (Phi) is 4.05. The quantitative estimate of drug-likeness (QED) is 0.362. The molecule has 0 radical (unpaired) electrons. The first-order valence-corrected chi connectivity index (χ1v) is 9.86. The molecule has 0 fully saturated rings. The first kappa shape index (κ1) is 16.9. The number of allylic oxidation sites excluding steroid dienone is 3. The fourth-order valence-electron chi connectivity index (χ4n) is 4.13. The molecule has 2 heteroatoms. The number of para-hydroxylation sites is 2. The van der Waals surface area contributed by atoms with Crippen LogP contribution in [0.1, 0.15) is 25.3 Å². The molecular weight excluding hydrogens is 342 g/mol. The Bertz CT molecular complexity index is 1170. The van der Waals surface area contributed by atoms with E-state index >= 15 is 0 Å². The average molecular weight is 365 g/mol.